The molecule has 0 radical (unpaired) electrons. The minimum absolute atomic E-state index is 0.0605. The number of benzene rings is 1. The Morgan fingerprint density at radius 1 is 1.41 bits per heavy atom. The molecule has 1 atom stereocenters. The van der Waals surface area contributed by atoms with Gasteiger partial charge in [-0.1, -0.05) is 12.1 Å². The van der Waals surface area contributed by atoms with Gasteiger partial charge in [0, 0.05) is 26.6 Å². The summed E-state index contributed by atoms with van der Waals surface area (Å²) in [5.41, 5.74) is 1.96. The monoisotopic (exact) mass is 300 g/mol. The molecule has 1 aliphatic rings. The van der Waals surface area contributed by atoms with Crippen molar-refractivity contribution < 1.29 is 9.59 Å². The molecule has 2 amide bonds. The Kier molecular flexibility index (Phi) is 3.83. The number of fused-ring (bicyclic) bond motifs is 1. The van der Waals surface area contributed by atoms with Crippen LogP contribution in [0.15, 0.2) is 24.3 Å². The molecule has 1 unspecified atom stereocenters. The maximum atomic E-state index is 12.2. The van der Waals surface area contributed by atoms with Crippen LogP contribution in [0.5, 0.6) is 0 Å². The van der Waals surface area contributed by atoms with E-state index in [1.54, 1.807) is 4.90 Å². The molecular formula is C16H20N4O2. The van der Waals surface area contributed by atoms with E-state index in [9.17, 15) is 9.59 Å². The van der Waals surface area contributed by atoms with Crippen LogP contribution in [0.25, 0.3) is 11.0 Å². The van der Waals surface area contributed by atoms with Gasteiger partial charge in [0.05, 0.1) is 23.5 Å². The van der Waals surface area contributed by atoms with Gasteiger partial charge in [-0.05, 0) is 19.1 Å². The second kappa shape index (κ2) is 5.79. The normalized spacial score (nSPS) is 18.2. The van der Waals surface area contributed by atoms with Crippen LogP contribution in [0.4, 0.5) is 0 Å². The molecule has 1 saturated heterocycles. The van der Waals surface area contributed by atoms with Crippen LogP contribution in [0, 0.1) is 5.92 Å². The van der Waals surface area contributed by atoms with Crippen LogP contribution in [0.2, 0.25) is 0 Å². The van der Waals surface area contributed by atoms with Gasteiger partial charge in [-0.15, -0.1) is 0 Å². The van der Waals surface area contributed by atoms with E-state index in [1.807, 2.05) is 42.8 Å². The number of hydrogen-bond acceptors (Lipinski definition) is 3. The Hall–Kier alpha value is -2.37. The Labute approximate surface area is 129 Å². The van der Waals surface area contributed by atoms with E-state index in [1.165, 1.54) is 0 Å². The maximum absolute atomic E-state index is 12.2. The van der Waals surface area contributed by atoms with Crippen molar-refractivity contribution in [3.63, 3.8) is 0 Å². The molecule has 0 aliphatic carbocycles. The second-order valence-corrected chi connectivity index (χ2v) is 5.63. The molecule has 1 aromatic heterocycles. The average Bonchev–Trinajstić information content (AvgIpc) is 3.06. The first-order chi connectivity index (χ1) is 10.6. The molecule has 0 saturated carbocycles. The highest BCUT2D eigenvalue weighted by Crippen LogP contribution is 2.18. The van der Waals surface area contributed by atoms with Crippen molar-refractivity contribution in [1.82, 2.24) is 19.8 Å². The molecule has 2 heterocycles. The Balaban J connectivity index is 1.65. The number of para-hydroxylation sites is 2. The topological polar surface area (TPSA) is 67.2 Å². The number of aromatic nitrogens is 2. The lowest BCUT2D eigenvalue weighted by molar-refractivity contribution is -0.128. The smallest absolute Gasteiger partial charge is 0.225 e. The second-order valence-electron chi connectivity index (χ2n) is 5.63. The lowest BCUT2D eigenvalue weighted by atomic mass is 10.1. The van der Waals surface area contributed by atoms with Gasteiger partial charge in [-0.2, -0.15) is 0 Å². The van der Waals surface area contributed by atoms with Gasteiger partial charge in [-0.3, -0.25) is 9.59 Å². The Morgan fingerprint density at radius 3 is 2.86 bits per heavy atom. The van der Waals surface area contributed by atoms with Crippen LogP contribution in [-0.2, 0) is 23.2 Å². The molecule has 22 heavy (non-hydrogen) atoms. The summed E-state index contributed by atoms with van der Waals surface area (Å²) < 4.78 is 1.98. The van der Waals surface area contributed by atoms with Gasteiger partial charge in [-0.25, -0.2) is 4.98 Å². The largest absolute Gasteiger partial charge is 0.349 e. The standard InChI is InChI=1S/C16H20N4O2/c1-3-20-10-11(8-15(20)21)16(22)17-9-14-18-12-6-4-5-7-13(12)19(14)2/h4-7,11H,3,8-10H2,1-2H3,(H,17,22). The van der Waals surface area contributed by atoms with Crippen molar-refractivity contribution in [2.45, 2.75) is 19.9 Å². The minimum atomic E-state index is -0.248. The molecule has 1 N–H and O–H groups in total. The Morgan fingerprint density at radius 2 is 2.18 bits per heavy atom. The van der Waals surface area contributed by atoms with Crippen LogP contribution in [-0.4, -0.2) is 39.4 Å². The quantitative estimate of drug-likeness (QED) is 0.918. The maximum Gasteiger partial charge on any atom is 0.225 e. The van der Waals surface area contributed by atoms with Crippen molar-refractivity contribution in [3.8, 4) is 0 Å². The lowest BCUT2D eigenvalue weighted by Crippen LogP contribution is -2.33. The number of aryl methyl sites for hydroxylation is 1. The zero-order valence-corrected chi connectivity index (χ0v) is 12.9. The fourth-order valence-electron chi connectivity index (χ4n) is 2.92. The number of hydrogen-bond donors (Lipinski definition) is 1. The van der Waals surface area contributed by atoms with Crippen LogP contribution < -0.4 is 5.32 Å². The fourth-order valence-corrected chi connectivity index (χ4v) is 2.92. The lowest BCUT2D eigenvalue weighted by Gasteiger charge is -2.13. The van der Waals surface area contributed by atoms with Crippen LogP contribution in [0.1, 0.15) is 19.2 Å². The number of amides is 2. The summed E-state index contributed by atoms with van der Waals surface area (Å²) >= 11 is 0. The van der Waals surface area contributed by atoms with Gasteiger partial charge in [0.25, 0.3) is 0 Å². The average molecular weight is 300 g/mol. The number of nitrogens with one attached hydrogen (secondary N) is 1. The number of carbonyl (C=O) groups excluding carboxylic acids is 2. The van der Waals surface area contributed by atoms with Crippen molar-refractivity contribution >= 4 is 22.8 Å². The van der Waals surface area contributed by atoms with Gasteiger partial charge in [0.15, 0.2) is 0 Å². The highest BCUT2D eigenvalue weighted by Gasteiger charge is 2.33. The van der Waals surface area contributed by atoms with Gasteiger partial charge in [0.1, 0.15) is 5.82 Å². The van der Waals surface area contributed by atoms with E-state index >= 15 is 0 Å². The van der Waals surface area contributed by atoms with Crippen molar-refractivity contribution in [2.75, 3.05) is 13.1 Å². The predicted octanol–water partition coefficient (Wildman–Crippen LogP) is 1.06. The van der Waals surface area contributed by atoms with Crippen molar-refractivity contribution in [2.24, 2.45) is 13.0 Å². The predicted molar refractivity (Wildman–Crippen MR) is 82.9 cm³/mol. The molecule has 1 aliphatic heterocycles. The summed E-state index contributed by atoms with van der Waals surface area (Å²) in [4.78, 5) is 30.2. The zero-order valence-electron chi connectivity index (χ0n) is 12.9. The molecule has 2 aromatic rings. The van der Waals surface area contributed by atoms with E-state index in [0.29, 0.717) is 26.1 Å². The molecular weight excluding hydrogens is 280 g/mol. The highest BCUT2D eigenvalue weighted by molar-refractivity contribution is 5.89. The molecule has 1 fully saturated rings. The first-order valence-electron chi connectivity index (χ1n) is 7.56. The molecule has 3 rings (SSSR count). The zero-order chi connectivity index (χ0) is 15.7. The van der Waals surface area contributed by atoms with Crippen LogP contribution in [0.3, 0.4) is 0 Å². The summed E-state index contributed by atoms with van der Waals surface area (Å²) in [7, 11) is 1.94. The third-order valence-electron chi connectivity index (χ3n) is 4.27. The molecule has 1 aromatic carbocycles. The summed E-state index contributed by atoms with van der Waals surface area (Å²) in [6, 6.07) is 7.87. The fraction of sp³-hybridized carbons (Fsp3) is 0.438. The third kappa shape index (κ3) is 2.56. The number of nitrogens with zero attached hydrogens (tertiary/aromatic N) is 3. The molecule has 6 heteroatoms. The molecule has 0 spiro atoms. The van der Waals surface area contributed by atoms with Gasteiger partial charge in [0.2, 0.25) is 11.8 Å². The minimum Gasteiger partial charge on any atom is -0.349 e. The highest BCUT2D eigenvalue weighted by atomic mass is 16.2. The van der Waals surface area contributed by atoms with E-state index < -0.39 is 0 Å². The molecule has 0 bridgehead atoms. The van der Waals surface area contributed by atoms with Crippen molar-refractivity contribution in [1.29, 1.82) is 0 Å². The summed E-state index contributed by atoms with van der Waals surface area (Å²) in [5.74, 6) is 0.551. The summed E-state index contributed by atoms with van der Waals surface area (Å²) in [6.07, 6.45) is 0.308. The number of likely N-dealkylation sites (tertiary alicyclic amines) is 1. The summed E-state index contributed by atoms with van der Waals surface area (Å²) in [5, 5.41) is 2.91. The van der Waals surface area contributed by atoms with E-state index in [4.69, 9.17) is 0 Å². The third-order valence-corrected chi connectivity index (χ3v) is 4.27. The first-order valence-corrected chi connectivity index (χ1v) is 7.56. The van der Waals surface area contributed by atoms with E-state index in [0.717, 1.165) is 16.9 Å². The number of imidazole rings is 1. The van der Waals surface area contributed by atoms with Gasteiger partial charge >= 0.3 is 0 Å². The summed E-state index contributed by atoms with van der Waals surface area (Å²) in [6.45, 7) is 3.48. The molecule has 116 valence electrons. The number of rotatable bonds is 4. The molecule has 6 nitrogen and oxygen atoms in total. The number of carbonyl (C=O) groups is 2. The van der Waals surface area contributed by atoms with Crippen molar-refractivity contribution in [3.05, 3.63) is 30.1 Å². The van der Waals surface area contributed by atoms with E-state index in [2.05, 4.69) is 10.3 Å². The van der Waals surface area contributed by atoms with E-state index in [-0.39, 0.29) is 17.7 Å². The SMILES string of the molecule is CCN1CC(C(=O)NCc2nc3ccccc3n2C)CC1=O. The van der Waals surface area contributed by atoms with Crippen LogP contribution >= 0.6 is 0 Å². The van der Waals surface area contributed by atoms with Gasteiger partial charge < -0.3 is 14.8 Å². The Bertz CT molecular complexity index is 722. The first kappa shape index (κ1) is 14.6.